The minimum absolute atomic E-state index is 0.0862. The van der Waals surface area contributed by atoms with Crippen LogP contribution >= 0.6 is 11.8 Å². The maximum Gasteiger partial charge on any atom is 0.241 e. The number of benzene rings is 1. The van der Waals surface area contributed by atoms with Gasteiger partial charge in [-0.25, -0.2) is 13.1 Å². The number of carbonyl (C=O) groups excluding carboxylic acids is 1. The number of rotatable bonds is 5. The third-order valence-electron chi connectivity index (χ3n) is 4.51. The van der Waals surface area contributed by atoms with Crippen LogP contribution in [0.5, 0.6) is 0 Å². The van der Waals surface area contributed by atoms with Crippen molar-refractivity contribution in [3.05, 3.63) is 42.4 Å². The van der Waals surface area contributed by atoms with Gasteiger partial charge < -0.3 is 9.32 Å². The van der Waals surface area contributed by atoms with E-state index in [9.17, 15) is 13.2 Å². The molecule has 1 fully saturated rings. The lowest BCUT2D eigenvalue weighted by atomic mass is 10.2. The van der Waals surface area contributed by atoms with Crippen molar-refractivity contribution in [1.29, 1.82) is 0 Å². The molecule has 1 aliphatic carbocycles. The molecule has 2 aliphatic rings. The van der Waals surface area contributed by atoms with Gasteiger partial charge in [0, 0.05) is 22.6 Å². The van der Waals surface area contributed by atoms with Crippen LogP contribution in [0, 0.1) is 5.92 Å². The first-order valence-electron chi connectivity index (χ1n) is 8.58. The second-order valence-electron chi connectivity index (χ2n) is 6.69. The summed E-state index contributed by atoms with van der Waals surface area (Å²) in [5.74, 6) is 0.744. The van der Waals surface area contributed by atoms with Gasteiger partial charge in [0.15, 0.2) is 0 Å². The van der Waals surface area contributed by atoms with Crippen molar-refractivity contribution >= 4 is 33.4 Å². The summed E-state index contributed by atoms with van der Waals surface area (Å²) in [6.07, 6.45) is 3.35. The molecule has 1 amide bonds. The van der Waals surface area contributed by atoms with Gasteiger partial charge in [-0.05, 0) is 43.2 Å². The van der Waals surface area contributed by atoms with Crippen molar-refractivity contribution in [3.8, 4) is 0 Å². The van der Waals surface area contributed by atoms with Crippen molar-refractivity contribution in [2.45, 2.75) is 41.4 Å². The minimum Gasteiger partial charge on any atom is -0.468 e. The van der Waals surface area contributed by atoms with Crippen LogP contribution in [0.3, 0.4) is 0 Å². The number of carbonyl (C=O) groups is 1. The summed E-state index contributed by atoms with van der Waals surface area (Å²) in [6.45, 7) is 2.77. The maximum atomic E-state index is 12.6. The molecule has 4 rings (SSSR count). The van der Waals surface area contributed by atoms with E-state index in [2.05, 4.69) is 11.6 Å². The molecule has 6 nitrogen and oxygen atoms in total. The smallest absolute Gasteiger partial charge is 0.241 e. The zero-order valence-electron chi connectivity index (χ0n) is 14.3. The molecule has 8 heteroatoms. The highest BCUT2D eigenvalue weighted by Gasteiger charge is 2.37. The Bertz CT molecular complexity index is 921. The SMILES string of the molecule is C[C@H]1CN(C(=O)C2CC2)c2cc(S(=O)(=O)NCc3ccco3)ccc2S1. The number of anilines is 1. The number of hydrogen-bond acceptors (Lipinski definition) is 5. The van der Waals surface area contributed by atoms with Crippen LogP contribution in [0.2, 0.25) is 0 Å². The summed E-state index contributed by atoms with van der Waals surface area (Å²) < 4.78 is 33.0. The Morgan fingerprint density at radius 3 is 2.85 bits per heavy atom. The molecule has 26 heavy (non-hydrogen) atoms. The summed E-state index contributed by atoms with van der Waals surface area (Å²) >= 11 is 1.67. The highest BCUT2D eigenvalue weighted by molar-refractivity contribution is 8.00. The number of amides is 1. The largest absolute Gasteiger partial charge is 0.468 e. The Morgan fingerprint density at radius 2 is 2.15 bits per heavy atom. The zero-order chi connectivity index (χ0) is 18.3. The van der Waals surface area contributed by atoms with Crippen LogP contribution in [0.15, 0.2) is 50.8 Å². The van der Waals surface area contributed by atoms with E-state index in [1.165, 1.54) is 6.26 Å². The van der Waals surface area contributed by atoms with Crippen molar-refractivity contribution in [3.63, 3.8) is 0 Å². The first-order chi connectivity index (χ1) is 12.4. The van der Waals surface area contributed by atoms with Crippen molar-refractivity contribution in [1.82, 2.24) is 4.72 Å². The molecule has 0 saturated heterocycles. The van der Waals surface area contributed by atoms with Crippen LogP contribution in [0.25, 0.3) is 0 Å². The van der Waals surface area contributed by atoms with Crippen LogP contribution in [-0.2, 0) is 21.4 Å². The monoisotopic (exact) mass is 392 g/mol. The summed E-state index contributed by atoms with van der Waals surface area (Å²) in [7, 11) is -3.69. The third kappa shape index (κ3) is 3.54. The van der Waals surface area contributed by atoms with E-state index in [0.717, 1.165) is 17.7 Å². The molecule has 0 spiro atoms. The van der Waals surface area contributed by atoms with Gasteiger partial charge in [-0.3, -0.25) is 4.79 Å². The number of furan rings is 1. The Balaban J connectivity index is 1.62. The van der Waals surface area contributed by atoms with E-state index in [1.807, 2.05) is 0 Å². The normalized spacial score (nSPS) is 20.0. The summed E-state index contributed by atoms with van der Waals surface area (Å²) in [4.78, 5) is 15.5. The van der Waals surface area contributed by atoms with Crippen molar-refractivity contribution in [2.24, 2.45) is 5.92 Å². The van der Waals surface area contributed by atoms with E-state index in [-0.39, 0.29) is 28.5 Å². The topological polar surface area (TPSA) is 79.6 Å². The molecule has 1 aromatic heterocycles. The first kappa shape index (κ1) is 17.6. The molecule has 0 unspecified atom stereocenters. The maximum absolute atomic E-state index is 12.6. The second kappa shape index (κ2) is 6.75. The molecular formula is C18H20N2O4S2. The zero-order valence-corrected chi connectivity index (χ0v) is 16.0. The van der Waals surface area contributed by atoms with Crippen LogP contribution in [0.1, 0.15) is 25.5 Å². The van der Waals surface area contributed by atoms with Crippen LogP contribution in [-0.4, -0.2) is 26.1 Å². The quantitative estimate of drug-likeness (QED) is 0.846. The lowest BCUT2D eigenvalue weighted by Crippen LogP contribution is -2.39. The molecule has 2 heterocycles. The molecule has 1 atom stereocenters. The number of fused-ring (bicyclic) bond motifs is 1. The van der Waals surface area contributed by atoms with E-state index < -0.39 is 10.0 Å². The average molecular weight is 393 g/mol. The second-order valence-corrected chi connectivity index (χ2v) is 9.93. The Hall–Kier alpha value is -1.77. The molecule has 0 bridgehead atoms. The molecule has 1 saturated carbocycles. The number of nitrogens with one attached hydrogen (secondary N) is 1. The number of nitrogens with zero attached hydrogens (tertiary/aromatic N) is 1. The first-order valence-corrected chi connectivity index (χ1v) is 10.9. The Morgan fingerprint density at radius 1 is 1.35 bits per heavy atom. The number of thioether (sulfide) groups is 1. The van der Waals surface area contributed by atoms with E-state index in [4.69, 9.17) is 4.42 Å². The molecule has 1 N–H and O–H groups in total. The summed E-state index contributed by atoms with van der Waals surface area (Å²) in [5.41, 5.74) is 0.700. The van der Waals surface area contributed by atoms with Crippen molar-refractivity contribution in [2.75, 3.05) is 11.4 Å². The predicted molar refractivity (Wildman–Crippen MR) is 99.6 cm³/mol. The molecule has 1 aromatic carbocycles. The van der Waals surface area contributed by atoms with Crippen LogP contribution < -0.4 is 9.62 Å². The van der Waals surface area contributed by atoms with Gasteiger partial charge in [-0.1, -0.05) is 6.92 Å². The standard InChI is InChI=1S/C18H20N2O4S2/c1-12-11-20(18(21)13-4-5-13)16-9-15(6-7-17(16)25-12)26(22,23)19-10-14-3-2-8-24-14/h2-3,6-9,12-13,19H,4-5,10-11H2,1H3/t12-/m0/s1. The van der Waals surface area contributed by atoms with Gasteiger partial charge in [0.05, 0.1) is 23.4 Å². The predicted octanol–water partition coefficient (Wildman–Crippen LogP) is 3.00. The van der Waals surface area contributed by atoms with Gasteiger partial charge >= 0.3 is 0 Å². The van der Waals surface area contributed by atoms with Crippen molar-refractivity contribution < 1.29 is 17.6 Å². The third-order valence-corrected chi connectivity index (χ3v) is 7.06. The fourth-order valence-electron chi connectivity index (χ4n) is 3.01. The average Bonchev–Trinajstić information content (AvgIpc) is 3.34. The molecule has 2 aromatic rings. The highest BCUT2D eigenvalue weighted by Crippen LogP contribution is 2.42. The molecule has 1 aliphatic heterocycles. The van der Waals surface area contributed by atoms with E-state index in [1.54, 1.807) is 47.0 Å². The number of sulfonamides is 1. The lowest BCUT2D eigenvalue weighted by Gasteiger charge is -2.33. The van der Waals surface area contributed by atoms with Gasteiger partial charge in [-0.2, -0.15) is 0 Å². The molecule has 138 valence electrons. The van der Waals surface area contributed by atoms with Gasteiger partial charge in [0.2, 0.25) is 15.9 Å². The minimum atomic E-state index is -3.69. The lowest BCUT2D eigenvalue weighted by molar-refractivity contribution is -0.119. The highest BCUT2D eigenvalue weighted by atomic mass is 32.2. The van der Waals surface area contributed by atoms with E-state index in [0.29, 0.717) is 18.0 Å². The fourth-order valence-corrected chi connectivity index (χ4v) is 5.11. The van der Waals surface area contributed by atoms with Crippen LogP contribution in [0.4, 0.5) is 5.69 Å². The van der Waals surface area contributed by atoms with Gasteiger partial charge in [0.25, 0.3) is 0 Å². The molecule has 0 radical (unpaired) electrons. The fraction of sp³-hybridized carbons (Fsp3) is 0.389. The van der Waals surface area contributed by atoms with Gasteiger partial charge in [0.1, 0.15) is 5.76 Å². The van der Waals surface area contributed by atoms with Gasteiger partial charge in [-0.15, -0.1) is 11.8 Å². The Kier molecular flexibility index (Phi) is 4.58. The molecular weight excluding hydrogens is 372 g/mol. The number of hydrogen-bond donors (Lipinski definition) is 1. The Labute approximate surface area is 157 Å². The van der Waals surface area contributed by atoms with E-state index >= 15 is 0 Å². The summed E-state index contributed by atoms with van der Waals surface area (Å²) in [5, 5.41) is 0.282. The summed E-state index contributed by atoms with van der Waals surface area (Å²) in [6, 6.07) is 8.42.